The minimum atomic E-state index is -0.151. The van der Waals surface area contributed by atoms with Crippen molar-refractivity contribution in [2.24, 2.45) is 11.7 Å². The Hall–Kier alpha value is -1.09. The number of hydrogen-bond donors (Lipinski definition) is 1. The highest BCUT2D eigenvalue weighted by atomic mass is 19.1. The molecule has 0 fully saturated rings. The fourth-order valence-electron chi connectivity index (χ4n) is 1.88. The van der Waals surface area contributed by atoms with Gasteiger partial charge in [0, 0.05) is 13.6 Å². The van der Waals surface area contributed by atoms with Gasteiger partial charge in [0.15, 0.2) is 0 Å². The van der Waals surface area contributed by atoms with Crippen LogP contribution in [0.3, 0.4) is 0 Å². The molecule has 0 aromatic heterocycles. The first kappa shape index (κ1) is 14.0. The van der Waals surface area contributed by atoms with Crippen molar-refractivity contribution in [2.45, 2.75) is 26.7 Å². The van der Waals surface area contributed by atoms with Crippen molar-refractivity contribution in [1.82, 2.24) is 0 Å². The average molecular weight is 238 g/mol. The summed E-state index contributed by atoms with van der Waals surface area (Å²) in [5.41, 5.74) is 7.10. The second kappa shape index (κ2) is 6.60. The molecule has 3 heteroatoms. The molecule has 0 aliphatic heterocycles. The van der Waals surface area contributed by atoms with Gasteiger partial charge in [-0.2, -0.15) is 0 Å². The van der Waals surface area contributed by atoms with Crippen LogP contribution in [-0.2, 0) is 6.42 Å². The molecule has 0 heterocycles. The van der Waals surface area contributed by atoms with E-state index in [1.54, 1.807) is 6.07 Å². The lowest BCUT2D eigenvalue weighted by atomic mass is 10.1. The van der Waals surface area contributed by atoms with Crippen molar-refractivity contribution >= 4 is 5.69 Å². The molecule has 0 aliphatic carbocycles. The van der Waals surface area contributed by atoms with Gasteiger partial charge in [-0.15, -0.1) is 0 Å². The van der Waals surface area contributed by atoms with Crippen molar-refractivity contribution < 1.29 is 4.39 Å². The summed E-state index contributed by atoms with van der Waals surface area (Å²) in [6.07, 6.45) is 1.84. The molecule has 1 aromatic carbocycles. The van der Waals surface area contributed by atoms with Crippen LogP contribution < -0.4 is 10.6 Å². The van der Waals surface area contributed by atoms with Crippen LogP contribution in [0.15, 0.2) is 18.2 Å². The van der Waals surface area contributed by atoms with Gasteiger partial charge in [-0.1, -0.05) is 26.3 Å². The Morgan fingerprint density at radius 3 is 2.65 bits per heavy atom. The highest BCUT2D eigenvalue weighted by molar-refractivity contribution is 5.48. The lowest BCUT2D eigenvalue weighted by Crippen LogP contribution is -2.24. The number of rotatable bonds is 6. The normalized spacial score (nSPS) is 12.5. The van der Waals surface area contributed by atoms with Crippen molar-refractivity contribution in [3.8, 4) is 0 Å². The predicted molar refractivity (Wildman–Crippen MR) is 71.9 cm³/mol. The van der Waals surface area contributed by atoms with E-state index in [-0.39, 0.29) is 5.82 Å². The molecule has 17 heavy (non-hydrogen) atoms. The van der Waals surface area contributed by atoms with Gasteiger partial charge in [0.2, 0.25) is 0 Å². The number of nitrogens with zero attached hydrogens (tertiary/aromatic N) is 1. The maximum atomic E-state index is 13.9. The first-order valence-electron chi connectivity index (χ1n) is 6.28. The summed E-state index contributed by atoms with van der Waals surface area (Å²) in [6.45, 7) is 5.77. The van der Waals surface area contributed by atoms with Crippen LogP contribution in [0.5, 0.6) is 0 Å². The number of hydrogen-bond acceptors (Lipinski definition) is 2. The number of benzene rings is 1. The zero-order valence-electron chi connectivity index (χ0n) is 11.0. The number of anilines is 1. The maximum Gasteiger partial charge on any atom is 0.146 e. The molecule has 1 atom stereocenters. The molecule has 2 N–H and O–H groups in total. The van der Waals surface area contributed by atoms with Gasteiger partial charge in [-0.3, -0.25) is 0 Å². The molecule has 1 aromatic rings. The minimum absolute atomic E-state index is 0.151. The predicted octanol–water partition coefficient (Wildman–Crippen LogP) is 2.81. The van der Waals surface area contributed by atoms with E-state index in [0.717, 1.165) is 24.9 Å². The zero-order valence-corrected chi connectivity index (χ0v) is 11.0. The Kier molecular flexibility index (Phi) is 5.42. The summed E-state index contributed by atoms with van der Waals surface area (Å²) in [5.74, 6) is 0.421. The van der Waals surface area contributed by atoms with E-state index >= 15 is 0 Å². The standard InChI is InChI=1S/C14H23FN2/c1-4-11(2)10-17(3)14-6-5-12(7-8-16)9-13(14)15/h5-6,9,11H,4,7-8,10,16H2,1-3H3. The largest absolute Gasteiger partial charge is 0.372 e. The van der Waals surface area contributed by atoms with E-state index in [1.807, 2.05) is 24.1 Å². The average Bonchev–Trinajstić information content (AvgIpc) is 2.29. The van der Waals surface area contributed by atoms with Crippen molar-refractivity contribution in [3.63, 3.8) is 0 Å². The summed E-state index contributed by atoms with van der Waals surface area (Å²) in [6, 6.07) is 5.40. The summed E-state index contributed by atoms with van der Waals surface area (Å²) >= 11 is 0. The molecule has 0 saturated carbocycles. The zero-order chi connectivity index (χ0) is 12.8. The highest BCUT2D eigenvalue weighted by Crippen LogP contribution is 2.21. The SMILES string of the molecule is CCC(C)CN(C)c1ccc(CCN)cc1F. The minimum Gasteiger partial charge on any atom is -0.372 e. The lowest BCUT2D eigenvalue weighted by Gasteiger charge is -2.23. The van der Waals surface area contributed by atoms with E-state index in [1.165, 1.54) is 0 Å². The van der Waals surface area contributed by atoms with Gasteiger partial charge in [-0.25, -0.2) is 4.39 Å². The van der Waals surface area contributed by atoms with Gasteiger partial charge in [0.25, 0.3) is 0 Å². The molecule has 2 nitrogen and oxygen atoms in total. The van der Waals surface area contributed by atoms with E-state index in [2.05, 4.69) is 13.8 Å². The van der Waals surface area contributed by atoms with Crippen LogP contribution in [0.4, 0.5) is 10.1 Å². The van der Waals surface area contributed by atoms with Gasteiger partial charge in [0.05, 0.1) is 5.69 Å². The van der Waals surface area contributed by atoms with Crippen molar-refractivity contribution in [1.29, 1.82) is 0 Å². The number of nitrogens with two attached hydrogens (primary N) is 1. The van der Waals surface area contributed by atoms with Crippen molar-refractivity contribution in [3.05, 3.63) is 29.6 Å². The second-order valence-corrected chi connectivity index (χ2v) is 4.72. The van der Waals surface area contributed by atoms with Gasteiger partial charge < -0.3 is 10.6 Å². The quantitative estimate of drug-likeness (QED) is 0.825. The second-order valence-electron chi connectivity index (χ2n) is 4.72. The Bertz CT molecular complexity index is 352. The third kappa shape index (κ3) is 4.00. The number of halogens is 1. The topological polar surface area (TPSA) is 29.3 Å². The Balaban J connectivity index is 2.77. The Labute approximate surface area is 104 Å². The van der Waals surface area contributed by atoms with Gasteiger partial charge in [-0.05, 0) is 36.6 Å². The molecule has 0 saturated heterocycles. The van der Waals surface area contributed by atoms with Crippen LogP contribution in [0, 0.1) is 11.7 Å². The van der Waals surface area contributed by atoms with E-state index < -0.39 is 0 Å². The molecule has 96 valence electrons. The molecular weight excluding hydrogens is 215 g/mol. The first-order valence-corrected chi connectivity index (χ1v) is 6.28. The fourth-order valence-corrected chi connectivity index (χ4v) is 1.88. The summed E-state index contributed by atoms with van der Waals surface area (Å²) in [4.78, 5) is 1.98. The van der Waals surface area contributed by atoms with Crippen LogP contribution in [-0.4, -0.2) is 20.1 Å². The first-order chi connectivity index (χ1) is 8.08. The Morgan fingerprint density at radius 1 is 1.41 bits per heavy atom. The molecule has 0 amide bonds. The highest BCUT2D eigenvalue weighted by Gasteiger charge is 2.10. The third-order valence-corrected chi connectivity index (χ3v) is 3.14. The van der Waals surface area contributed by atoms with Crippen LogP contribution >= 0.6 is 0 Å². The molecule has 1 unspecified atom stereocenters. The molecule has 0 bridgehead atoms. The smallest absolute Gasteiger partial charge is 0.146 e. The van der Waals surface area contributed by atoms with Crippen LogP contribution in [0.25, 0.3) is 0 Å². The third-order valence-electron chi connectivity index (χ3n) is 3.14. The molecule has 0 aliphatic rings. The van der Waals surface area contributed by atoms with E-state index in [9.17, 15) is 4.39 Å². The summed E-state index contributed by atoms with van der Waals surface area (Å²) in [7, 11) is 1.94. The fraction of sp³-hybridized carbons (Fsp3) is 0.571. The lowest BCUT2D eigenvalue weighted by molar-refractivity contribution is 0.550. The van der Waals surface area contributed by atoms with Crippen LogP contribution in [0.1, 0.15) is 25.8 Å². The summed E-state index contributed by atoms with van der Waals surface area (Å²) in [5, 5.41) is 0. The van der Waals surface area contributed by atoms with E-state index in [0.29, 0.717) is 18.2 Å². The molecule has 1 rings (SSSR count). The Morgan fingerprint density at radius 2 is 2.12 bits per heavy atom. The van der Waals surface area contributed by atoms with Crippen molar-refractivity contribution in [2.75, 3.05) is 25.0 Å². The van der Waals surface area contributed by atoms with E-state index in [4.69, 9.17) is 5.73 Å². The molecule has 0 radical (unpaired) electrons. The van der Waals surface area contributed by atoms with Gasteiger partial charge >= 0.3 is 0 Å². The monoisotopic (exact) mass is 238 g/mol. The van der Waals surface area contributed by atoms with Crippen LogP contribution in [0.2, 0.25) is 0 Å². The molecule has 0 spiro atoms. The maximum absolute atomic E-state index is 13.9. The molecular formula is C14H23FN2. The van der Waals surface area contributed by atoms with Gasteiger partial charge in [0.1, 0.15) is 5.82 Å². The summed E-state index contributed by atoms with van der Waals surface area (Å²) < 4.78 is 13.9.